The Kier molecular flexibility index (Phi) is 3.89. The molecular weight excluding hydrogens is 242 g/mol. The van der Waals surface area contributed by atoms with Crippen LogP contribution in [0.1, 0.15) is 11.3 Å². The van der Waals surface area contributed by atoms with Crippen LogP contribution in [0.25, 0.3) is 10.9 Å². The van der Waals surface area contributed by atoms with Crippen molar-refractivity contribution in [3.63, 3.8) is 0 Å². The summed E-state index contributed by atoms with van der Waals surface area (Å²) in [6.07, 6.45) is 0. The smallest absolute Gasteiger partial charge is 0.0870 e. The summed E-state index contributed by atoms with van der Waals surface area (Å²) >= 11 is 4.93. The van der Waals surface area contributed by atoms with Crippen LogP contribution >= 0.6 is 12.2 Å². The molecule has 4 heteroatoms. The van der Waals surface area contributed by atoms with Crippen LogP contribution in [0, 0.1) is 6.92 Å². The molecule has 0 unspecified atom stereocenters. The first-order valence-electron chi connectivity index (χ1n) is 5.88. The molecule has 18 heavy (non-hydrogen) atoms. The summed E-state index contributed by atoms with van der Waals surface area (Å²) in [7, 11) is 2.02. The van der Waals surface area contributed by atoms with Crippen LogP contribution in [0.2, 0.25) is 0 Å². The van der Waals surface area contributed by atoms with Crippen LogP contribution in [0.15, 0.2) is 30.3 Å². The van der Waals surface area contributed by atoms with Crippen LogP contribution in [0.5, 0.6) is 0 Å². The predicted molar refractivity (Wildman–Crippen MR) is 79.6 cm³/mol. The number of hydrogen-bond donors (Lipinski definition) is 1. The number of fused-ring (bicyclic) bond motifs is 1. The zero-order valence-corrected chi connectivity index (χ0v) is 11.5. The van der Waals surface area contributed by atoms with E-state index in [9.17, 15) is 0 Å². The van der Waals surface area contributed by atoms with E-state index in [-0.39, 0.29) is 0 Å². The molecule has 1 aromatic carbocycles. The highest BCUT2D eigenvalue weighted by atomic mass is 32.1. The van der Waals surface area contributed by atoms with Crippen molar-refractivity contribution >= 4 is 28.1 Å². The SMILES string of the molecule is Cc1cc(CN(C)CC(N)=S)c2ccccc2n1. The van der Waals surface area contributed by atoms with Gasteiger partial charge in [-0.05, 0) is 31.7 Å². The molecule has 0 saturated carbocycles. The number of aromatic nitrogens is 1. The van der Waals surface area contributed by atoms with Crippen molar-refractivity contribution in [2.45, 2.75) is 13.5 Å². The first-order chi connectivity index (χ1) is 8.56. The van der Waals surface area contributed by atoms with Crippen molar-refractivity contribution in [1.82, 2.24) is 9.88 Å². The third-order valence-electron chi connectivity index (χ3n) is 2.80. The highest BCUT2D eigenvalue weighted by Gasteiger charge is 2.07. The standard InChI is InChI=1S/C14H17N3S/c1-10-7-11(8-17(2)9-14(15)18)12-5-3-4-6-13(12)16-10/h3-7H,8-9H2,1-2H3,(H2,15,18). The maximum atomic E-state index is 5.57. The second-order valence-electron chi connectivity index (χ2n) is 4.58. The fraction of sp³-hybridized carbons (Fsp3) is 0.286. The lowest BCUT2D eigenvalue weighted by molar-refractivity contribution is 0.376. The Morgan fingerprint density at radius 3 is 2.83 bits per heavy atom. The molecule has 1 aromatic heterocycles. The summed E-state index contributed by atoms with van der Waals surface area (Å²) in [5.41, 5.74) is 8.90. The molecule has 94 valence electrons. The average molecular weight is 259 g/mol. The van der Waals surface area contributed by atoms with E-state index in [2.05, 4.69) is 22.0 Å². The third kappa shape index (κ3) is 3.03. The van der Waals surface area contributed by atoms with Gasteiger partial charge in [0.2, 0.25) is 0 Å². The number of para-hydroxylation sites is 1. The van der Waals surface area contributed by atoms with Crippen molar-refractivity contribution in [3.8, 4) is 0 Å². The lowest BCUT2D eigenvalue weighted by atomic mass is 10.1. The Balaban J connectivity index is 2.35. The largest absolute Gasteiger partial charge is 0.392 e. The molecule has 0 saturated heterocycles. The third-order valence-corrected chi connectivity index (χ3v) is 2.93. The lowest BCUT2D eigenvalue weighted by Crippen LogP contribution is -2.29. The molecule has 0 radical (unpaired) electrons. The van der Waals surface area contributed by atoms with E-state index < -0.39 is 0 Å². The maximum absolute atomic E-state index is 5.57. The summed E-state index contributed by atoms with van der Waals surface area (Å²) in [6.45, 7) is 3.47. The van der Waals surface area contributed by atoms with Crippen LogP contribution in [0.3, 0.4) is 0 Å². The van der Waals surface area contributed by atoms with Crippen molar-refractivity contribution < 1.29 is 0 Å². The molecule has 0 amide bonds. The quantitative estimate of drug-likeness (QED) is 0.855. The monoisotopic (exact) mass is 259 g/mol. The molecule has 1 heterocycles. The van der Waals surface area contributed by atoms with E-state index in [0.29, 0.717) is 11.5 Å². The summed E-state index contributed by atoms with van der Waals surface area (Å²) in [5, 5.41) is 1.19. The van der Waals surface area contributed by atoms with Crippen molar-refractivity contribution in [2.75, 3.05) is 13.6 Å². The minimum atomic E-state index is 0.521. The van der Waals surface area contributed by atoms with Crippen LogP contribution in [-0.4, -0.2) is 28.5 Å². The molecule has 0 aliphatic heterocycles. The lowest BCUT2D eigenvalue weighted by Gasteiger charge is -2.17. The molecular formula is C14H17N3S. The summed E-state index contributed by atoms with van der Waals surface area (Å²) in [6, 6.07) is 10.3. The van der Waals surface area contributed by atoms with Gasteiger partial charge in [0.05, 0.1) is 10.5 Å². The summed E-state index contributed by atoms with van der Waals surface area (Å²) in [5.74, 6) is 0. The zero-order valence-electron chi connectivity index (χ0n) is 10.7. The number of aryl methyl sites for hydroxylation is 1. The van der Waals surface area contributed by atoms with E-state index in [1.165, 1.54) is 10.9 Å². The maximum Gasteiger partial charge on any atom is 0.0870 e. The van der Waals surface area contributed by atoms with Gasteiger partial charge in [-0.1, -0.05) is 30.4 Å². The first-order valence-corrected chi connectivity index (χ1v) is 6.29. The Hall–Kier alpha value is -1.52. The van der Waals surface area contributed by atoms with Gasteiger partial charge in [0.1, 0.15) is 0 Å². The zero-order chi connectivity index (χ0) is 13.1. The van der Waals surface area contributed by atoms with Gasteiger partial charge in [0.15, 0.2) is 0 Å². The summed E-state index contributed by atoms with van der Waals surface area (Å²) in [4.78, 5) is 7.17. The normalized spacial score (nSPS) is 11.1. The molecule has 2 N–H and O–H groups in total. The number of likely N-dealkylation sites (N-methyl/N-ethyl adjacent to an activating group) is 1. The van der Waals surface area contributed by atoms with Crippen molar-refractivity contribution in [3.05, 3.63) is 41.6 Å². The highest BCUT2D eigenvalue weighted by molar-refractivity contribution is 7.80. The Morgan fingerprint density at radius 2 is 2.11 bits per heavy atom. The second-order valence-corrected chi connectivity index (χ2v) is 5.10. The van der Waals surface area contributed by atoms with Crippen molar-refractivity contribution in [2.24, 2.45) is 5.73 Å². The van der Waals surface area contributed by atoms with Crippen molar-refractivity contribution in [1.29, 1.82) is 0 Å². The number of thiocarbonyl (C=S) groups is 1. The van der Waals surface area contributed by atoms with Gasteiger partial charge in [0.25, 0.3) is 0 Å². The number of pyridine rings is 1. The van der Waals surface area contributed by atoms with E-state index in [1.807, 2.05) is 32.2 Å². The van der Waals surface area contributed by atoms with Crippen LogP contribution in [-0.2, 0) is 6.54 Å². The fourth-order valence-corrected chi connectivity index (χ4v) is 2.36. The molecule has 0 fully saturated rings. The molecule has 2 aromatic rings. The summed E-state index contributed by atoms with van der Waals surface area (Å²) < 4.78 is 0. The molecule has 0 bridgehead atoms. The van der Waals surface area contributed by atoms with E-state index in [1.54, 1.807) is 0 Å². The second kappa shape index (κ2) is 5.42. The topological polar surface area (TPSA) is 42.1 Å². The van der Waals surface area contributed by atoms with Gasteiger partial charge in [-0.3, -0.25) is 9.88 Å². The number of nitrogens with two attached hydrogens (primary N) is 1. The fourth-order valence-electron chi connectivity index (χ4n) is 2.14. The van der Waals surface area contributed by atoms with Gasteiger partial charge in [0, 0.05) is 24.2 Å². The number of rotatable bonds is 4. The van der Waals surface area contributed by atoms with E-state index >= 15 is 0 Å². The van der Waals surface area contributed by atoms with E-state index in [4.69, 9.17) is 18.0 Å². The number of nitrogens with zero attached hydrogens (tertiary/aromatic N) is 2. The van der Waals surface area contributed by atoms with Gasteiger partial charge < -0.3 is 5.73 Å². The predicted octanol–water partition coefficient (Wildman–Crippen LogP) is 2.26. The Bertz CT molecular complexity index is 580. The first kappa shape index (κ1) is 12.9. The molecule has 0 spiro atoms. The average Bonchev–Trinajstić information content (AvgIpc) is 2.27. The molecule has 0 aliphatic carbocycles. The van der Waals surface area contributed by atoms with Gasteiger partial charge in [-0.2, -0.15) is 0 Å². The molecule has 0 aliphatic rings. The van der Waals surface area contributed by atoms with Crippen LogP contribution < -0.4 is 5.73 Å². The highest BCUT2D eigenvalue weighted by Crippen LogP contribution is 2.19. The molecule has 3 nitrogen and oxygen atoms in total. The number of hydrogen-bond acceptors (Lipinski definition) is 3. The Labute approximate surface area is 113 Å². The molecule has 0 atom stereocenters. The van der Waals surface area contributed by atoms with Crippen LogP contribution in [0.4, 0.5) is 0 Å². The minimum absolute atomic E-state index is 0.521. The minimum Gasteiger partial charge on any atom is -0.392 e. The van der Waals surface area contributed by atoms with Gasteiger partial charge in [-0.25, -0.2) is 0 Å². The number of benzene rings is 1. The molecule has 2 rings (SSSR count). The van der Waals surface area contributed by atoms with Gasteiger partial charge >= 0.3 is 0 Å². The van der Waals surface area contributed by atoms with E-state index in [0.717, 1.165) is 17.8 Å². The van der Waals surface area contributed by atoms with Gasteiger partial charge in [-0.15, -0.1) is 0 Å². The Morgan fingerprint density at radius 1 is 1.39 bits per heavy atom.